The minimum atomic E-state index is -0.953. The van der Waals surface area contributed by atoms with E-state index in [1.807, 2.05) is 24.3 Å². The van der Waals surface area contributed by atoms with Gasteiger partial charge < -0.3 is 19.2 Å². The lowest BCUT2D eigenvalue weighted by Crippen LogP contribution is -2.32. The van der Waals surface area contributed by atoms with E-state index in [-0.39, 0.29) is 11.3 Å². The van der Waals surface area contributed by atoms with Gasteiger partial charge in [-0.05, 0) is 67.8 Å². The number of halogens is 1. The highest BCUT2D eigenvalue weighted by Gasteiger charge is 2.46. The minimum Gasteiger partial charge on any atom is -0.503 e. The average Bonchev–Trinajstić information content (AvgIpc) is 3.52. The van der Waals surface area contributed by atoms with Crippen LogP contribution in [0.25, 0.3) is 11.0 Å². The number of ether oxygens (including phenoxy) is 1. The Kier molecular flexibility index (Phi) is 6.48. The van der Waals surface area contributed by atoms with Crippen molar-refractivity contribution in [2.75, 3.05) is 30.0 Å². The lowest BCUT2D eigenvalue weighted by Gasteiger charge is -2.30. The van der Waals surface area contributed by atoms with E-state index < -0.39 is 23.5 Å². The van der Waals surface area contributed by atoms with Crippen LogP contribution in [0.2, 0.25) is 5.02 Å². The monoisotopic (exact) mass is 543 g/mol. The number of amides is 1. The maximum atomic E-state index is 13.9. The van der Waals surface area contributed by atoms with E-state index in [2.05, 4.69) is 9.88 Å². The molecule has 9 heteroatoms. The fraction of sp³-hybridized carbons (Fsp3) is 0.233. The number of pyridine rings is 1. The summed E-state index contributed by atoms with van der Waals surface area (Å²) in [6.45, 7) is 1.99. The summed E-state index contributed by atoms with van der Waals surface area (Å²) in [6.07, 6.45) is 5.12. The third kappa shape index (κ3) is 4.40. The SMILES string of the molecule is COc1cc(Cl)cc2cc(C(=O)C3=C(O)C(=O)N(c4ccc(N5CCCCC5)cc4)C3c3ccccn3)oc12. The lowest BCUT2D eigenvalue weighted by atomic mass is 9.98. The zero-order valence-corrected chi connectivity index (χ0v) is 22.0. The Morgan fingerprint density at radius 2 is 1.79 bits per heavy atom. The molecule has 8 nitrogen and oxygen atoms in total. The molecule has 4 heterocycles. The van der Waals surface area contributed by atoms with E-state index in [1.165, 1.54) is 24.5 Å². The number of furan rings is 1. The van der Waals surface area contributed by atoms with Crippen LogP contribution in [-0.2, 0) is 4.79 Å². The van der Waals surface area contributed by atoms with Crippen molar-refractivity contribution in [2.24, 2.45) is 0 Å². The Balaban J connectivity index is 1.41. The van der Waals surface area contributed by atoms with Crippen molar-refractivity contribution in [3.05, 3.63) is 94.7 Å². The number of hydrogen-bond acceptors (Lipinski definition) is 7. The van der Waals surface area contributed by atoms with Gasteiger partial charge in [0, 0.05) is 47.1 Å². The highest BCUT2D eigenvalue weighted by Crippen LogP contribution is 2.43. The van der Waals surface area contributed by atoms with Gasteiger partial charge in [0.15, 0.2) is 22.9 Å². The molecule has 1 unspecified atom stereocenters. The molecule has 6 rings (SSSR count). The predicted octanol–water partition coefficient (Wildman–Crippen LogP) is 6.26. The average molecular weight is 544 g/mol. The first-order valence-corrected chi connectivity index (χ1v) is 13.2. The molecule has 2 aliphatic heterocycles. The summed E-state index contributed by atoms with van der Waals surface area (Å²) in [5.41, 5.74) is 2.29. The third-order valence-electron chi connectivity index (χ3n) is 7.26. The summed E-state index contributed by atoms with van der Waals surface area (Å²) in [7, 11) is 1.48. The Bertz CT molecular complexity index is 1590. The summed E-state index contributed by atoms with van der Waals surface area (Å²) in [6, 6.07) is 16.7. The van der Waals surface area contributed by atoms with Gasteiger partial charge in [0.25, 0.3) is 5.91 Å². The van der Waals surface area contributed by atoms with Gasteiger partial charge in [0.2, 0.25) is 5.78 Å². The molecule has 2 aromatic carbocycles. The molecule has 1 N–H and O–H groups in total. The number of hydrogen-bond donors (Lipinski definition) is 1. The van der Waals surface area contributed by atoms with Crippen LogP contribution in [0.15, 0.2) is 82.6 Å². The molecule has 1 saturated heterocycles. The Morgan fingerprint density at radius 3 is 2.49 bits per heavy atom. The number of anilines is 2. The molecule has 1 fully saturated rings. The maximum Gasteiger partial charge on any atom is 0.294 e. The molecule has 4 aromatic rings. The number of benzene rings is 2. The van der Waals surface area contributed by atoms with Crippen molar-refractivity contribution in [3.8, 4) is 5.75 Å². The van der Waals surface area contributed by atoms with Crippen molar-refractivity contribution in [2.45, 2.75) is 25.3 Å². The summed E-state index contributed by atoms with van der Waals surface area (Å²) >= 11 is 6.19. The predicted molar refractivity (Wildman–Crippen MR) is 149 cm³/mol. The molecule has 198 valence electrons. The summed E-state index contributed by atoms with van der Waals surface area (Å²) in [5, 5.41) is 12.1. The van der Waals surface area contributed by atoms with Crippen molar-refractivity contribution in [1.82, 2.24) is 4.98 Å². The molecule has 0 saturated carbocycles. The number of fused-ring (bicyclic) bond motifs is 1. The van der Waals surface area contributed by atoms with Gasteiger partial charge in [-0.15, -0.1) is 0 Å². The lowest BCUT2D eigenvalue weighted by molar-refractivity contribution is -0.117. The van der Waals surface area contributed by atoms with E-state index in [4.69, 9.17) is 20.8 Å². The first-order valence-electron chi connectivity index (χ1n) is 12.8. The quantitative estimate of drug-likeness (QED) is 0.287. The van der Waals surface area contributed by atoms with Crippen LogP contribution in [0, 0.1) is 0 Å². The van der Waals surface area contributed by atoms with Crippen LogP contribution >= 0.6 is 11.6 Å². The second-order valence-electron chi connectivity index (χ2n) is 9.62. The molecule has 0 aliphatic carbocycles. The molecule has 1 atom stereocenters. The second-order valence-corrected chi connectivity index (χ2v) is 10.1. The first kappa shape index (κ1) is 25.0. The van der Waals surface area contributed by atoms with Crippen LogP contribution in [0.1, 0.15) is 41.6 Å². The largest absolute Gasteiger partial charge is 0.503 e. The number of Topliss-reactive ketones (excluding diaryl/α,β-unsaturated/α-hetero) is 1. The molecule has 0 radical (unpaired) electrons. The summed E-state index contributed by atoms with van der Waals surface area (Å²) in [4.78, 5) is 35.5. The minimum absolute atomic E-state index is 0.0526. The number of aliphatic hydroxyl groups is 1. The number of piperidine rings is 1. The number of carbonyl (C=O) groups is 2. The zero-order chi connectivity index (χ0) is 27.1. The van der Waals surface area contributed by atoms with Gasteiger partial charge in [0.1, 0.15) is 6.04 Å². The summed E-state index contributed by atoms with van der Waals surface area (Å²) in [5.74, 6) is -1.63. The number of methoxy groups -OCH3 is 1. The molecule has 0 bridgehead atoms. The van der Waals surface area contributed by atoms with Crippen molar-refractivity contribution in [3.63, 3.8) is 0 Å². The molecule has 2 aliphatic rings. The van der Waals surface area contributed by atoms with E-state index in [0.29, 0.717) is 33.1 Å². The topological polar surface area (TPSA) is 96.1 Å². The smallest absolute Gasteiger partial charge is 0.294 e. The van der Waals surface area contributed by atoms with Crippen LogP contribution < -0.4 is 14.5 Å². The third-order valence-corrected chi connectivity index (χ3v) is 7.48. The van der Waals surface area contributed by atoms with Crippen molar-refractivity contribution >= 4 is 45.6 Å². The van der Waals surface area contributed by atoms with Gasteiger partial charge >= 0.3 is 0 Å². The molecule has 1 amide bonds. The standard InChI is InChI=1S/C30H26ClN3O5/c1-38-24-17-19(31)15-18-16-23(39-29(18)24)27(35)25-26(22-7-3-4-12-32-22)34(30(37)28(25)36)21-10-8-20(9-11-21)33-13-5-2-6-14-33/h3-4,7-12,15-17,26,36H,2,5-6,13-14H2,1H3. The van der Waals surface area contributed by atoms with Gasteiger partial charge in [-0.2, -0.15) is 0 Å². The summed E-state index contributed by atoms with van der Waals surface area (Å²) < 4.78 is 11.2. The Labute approximate surface area is 230 Å². The van der Waals surface area contributed by atoms with Gasteiger partial charge in [-0.1, -0.05) is 17.7 Å². The number of rotatable bonds is 6. The van der Waals surface area contributed by atoms with Crippen LogP contribution in [0.4, 0.5) is 11.4 Å². The van der Waals surface area contributed by atoms with Crippen LogP contribution in [-0.4, -0.2) is 42.0 Å². The Hall–Kier alpha value is -4.30. The van der Waals surface area contributed by atoms with Crippen molar-refractivity contribution in [1.29, 1.82) is 0 Å². The molecular formula is C30H26ClN3O5. The molecule has 39 heavy (non-hydrogen) atoms. The second kappa shape index (κ2) is 10.1. The van der Waals surface area contributed by atoms with Crippen LogP contribution in [0.5, 0.6) is 5.75 Å². The van der Waals surface area contributed by atoms with E-state index in [1.54, 1.807) is 36.5 Å². The highest BCUT2D eigenvalue weighted by molar-refractivity contribution is 6.31. The number of aliphatic hydroxyl groups excluding tert-OH is 1. The van der Waals surface area contributed by atoms with Crippen molar-refractivity contribution < 1.29 is 23.8 Å². The number of carbonyl (C=O) groups excluding carboxylic acids is 2. The number of ketones is 1. The normalized spacial score (nSPS) is 17.8. The number of aromatic nitrogens is 1. The molecule has 2 aromatic heterocycles. The van der Waals surface area contributed by atoms with E-state index in [0.717, 1.165) is 31.6 Å². The first-order chi connectivity index (χ1) is 19.0. The fourth-order valence-corrected chi connectivity index (χ4v) is 5.60. The fourth-order valence-electron chi connectivity index (χ4n) is 5.38. The van der Waals surface area contributed by atoms with Gasteiger partial charge in [-0.3, -0.25) is 19.5 Å². The molecular weight excluding hydrogens is 518 g/mol. The van der Waals surface area contributed by atoms with E-state index in [9.17, 15) is 14.7 Å². The van der Waals surface area contributed by atoms with E-state index >= 15 is 0 Å². The Morgan fingerprint density at radius 1 is 1.05 bits per heavy atom. The molecule has 0 spiro atoms. The maximum absolute atomic E-state index is 13.9. The highest BCUT2D eigenvalue weighted by atomic mass is 35.5. The zero-order valence-electron chi connectivity index (χ0n) is 21.3. The number of nitrogens with zero attached hydrogens (tertiary/aromatic N) is 3. The van der Waals surface area contributed by atoms with Crippen LogP contribution in [0.3, 0.4) is 0 Å². The van der Waals surface area contributed by atoms with Gasteiger partial charge in [-0.25, -0.2) is 0 Å². The van der Waals surface area contributed by atoms with Gasteiger partial charge in [0.05, 0.1) is 18.4 Å².